The largest absolute Gasteiger partial charge is 0.454 e. The van der Waals surface area contributed by atoms with E-state index in [1.54, 1.807) is 0 Å². The number of esters is 1. The highest BCUT2D eigenvalue weighted by Crippen LogP contribution is 2.26. The Hall–Kier alpha value is -2.71. The zero-order chi connectivity index (χ0) is 21.2. The fourth-order valence-electron chi connectivity index (χ4n) is 3.47. The van der Waals surface area contributed by atoms with Gasteiger partial charge < -0.3 is 10.1 Å². The molecule has 0 bridgehead atoms. The van der Waals surface area contributed by atoms with Crippen molar-refractivity contribution in [2.75, 3.05) is 18.2 Å². The Balaban J connectivity index is 1.69. The number of para-hydroxylation sites is 1. The summed E-state index contributed by atoms with van der Waals surface area (Å²) in [6, 6.07) is 12.0. The number of nitrogens with one attached hydrogen (secondary N) is 1. The molecule has 1 heterocycles. The number of ether oxygens (including phenoxy) is 1. The third kappa shape index (κ3) is 4.83. The Morgan fingerprint density at radius 2 is 1.69 bits per heavy atom. The second kappa shape index (κ2) is 8.34. The average Bonchev–Trinajstić information content (AvgIpc) is 2.67. The molecule has 0 unspecified atom stereocenters. The molecular formula is C21H24N2O5S. The zero-order valence-electron chi connectivity index (χ0n) is 16.6. The quantitative estimate of drug-likeness (QED) is 0.754. The van der Waals surface area contributed by atoms with Gasteiger partial charge in [0.05, 0.1) is 6.26 Å². The molecule has 0 spiro atoms. The van der Waals surface area contributed by atoms with E-state index in [0.717, 1.165) is 32.8 Å². The lowest BCUT2D eigenvalue weighted by Crippen LogP contribution is -2.49. The van der Waals surface area contributed by atoms with E-state index >= 15 is 0 Å². The molecule has 8 heteroatoms. The molecule has 0 radical (unpaired) electrons. The second-order valence-corrected chi connectivity index (χ2v) is 9.15. The average molecular weight is 416 g/mol. The lowest BCUT2D eigenvalue weighted by molar-refractivity contribution is -0.151. The van der Waals surface area contributed by atoms with Crippen molar-refractivity contribution in [1.82, 2.24) is 4.31 Å². The van der Waals surface area contributed by atoms with Crippen LogP contribution in [0.25, 0.3) is 0 Å². The van der Waals surface area contributed by atoms with Gasteiger partial charge >= 0.3 is 5.97 Å². The minimum atomic E-state index is -3.63. The predicted molar refractivity (Wildman–Crippen MR) is 110 cm³/mol. The van der Waals surface area contributed by atoms with Crippen LogP contribution in [0.2, 0.25) is 0 Å². The summed E-state index contributed by atoms with van der Waals surface area (Å²) in [5.41, 5.74) is 4.23. The highest BCUT2D eigenvalue weighted by Gasteiger charge is 2.38. The summed E-state index contributed by atoms with van der Waals surface area (Å²) in [6.07, 6.45) is 1.27. The summed E-state index contributed by atoms with van der Waals surface area (Å²) in [7, 11) is -3.63. The number of nitrogens with zero attached hydrogens (tertiary/aromatic N) is 1. The number of rotatable bonds is 5. The Morgan fingerprint density at radius 3 is 2.31 bits per heavy atom. The van der Waals surface area contributed by atoms with E-state index < -0.39 is 34.5 Å². The van der Waals surface area contributed by atoms with Gasteiger partial charge in [0.15, 0.2) is 6.61 Å². The van der Waals surface area contributed by atoms with Crippen LogP contribution in [0.5, 0.6) is 0 Å². The van der Waals surface area contributed by atoms with Crippen LogP contribution < -0.4 is 5.32 Å². The fraction of sp³-hybridized carbons (Fsp3) is 0.333. The minimum Gasteiger partial charge on any atom is -0.454 e. The van der Waals surface area contributed by atoms with Gasteiger partial charge in [-0.25, -0.2) is 8.42 Å². The van der Waals surface area contributed by atoms with E-state index in [4.69, 9.17) is 4.74 Å². The van der Waals surface area contributed by atoms with Crippen LogP contribution in [0.1, 0.15) is 22.3 Å². The predicted octanol–water partition coefficient (Wildman–Crippen LogP) is 2.17. The van der Waals surface area contributed by atoms with Gasteiger partial charge in [0.2, 0.25) is 10.0 Å². The lowest BCUT2D eigenvalue weighted by atomic mass is 9.96. The summed E-state index contributed by atoms with van der Waals surface area (Å²) in [4.78, 5) is 24.9. The number of amides is 1. The van der Waals surface area contributed by atoms with Crippen LogP contribution in [0.3, 0.4) is 0 Å². The third-order valence-electron chi connectivity index (χ3n) is 4.99. The molecule has 3 rings (SSSR count). The number of hydrogen-bond donors (Lipinski definition) is 1. The molecule has 1 aliphatic rings. The smallest absolute Gasteiger partial charge is 0.325 e. The molecule has 0 aromatic heterocycles. The molecule has 2 aromatic rings. The van der Waals surface area contributed by atoms with E-state index in [2.05, 4.69) is 5.32 Å². The number of carbonyl (C=O) groups is 2. The van der Waals surface area contributed by atoms with Crippen molar-refractivity contribution in [3.8, 4) is 0 Å². The second-order valence-electron chi connectivity index (χ2n) is 7.22. The van der Waals surface area contributed by atoms with Crippen LogP contribution in [0.15, 0.2) is 42.5 Å². The molecule has 154 valence electrons. The maximum atomic E-state index is 12.6. The molecule has 0 fully saturated rings. The van der Waals surface area contributed by atoms with Crippen LogP contribution in [0.4, 0.5) is 5.69 Å². The van der Waals surface area contributed by atoms with Crippen LogP contribution in [-0.4, -0.2) is 43.5 Å². The molecule has 7 nitrogen and oxygen atoms in total. The van der Waals surface area contributed by atoms with E-state index in [-0.39, 0.29) is 13.0 Å². The molecule has 29 heavy (non-hydrogen) atoms. The van der Waals surface area contributed by atoms with E-state index in [1.165, 1.54) is 0 Å². The summed E-state index contributed by atoms with van der Waals surface area (Å²) in [6.45, 7) is 3.36. The first-order valence-corrected chi connectivity index (χ1v) is 11.1. The monoisotopic (exact) mass is 416 g/mol. The SMILES string of the molecule is Cc1cccc(C)c1NC(=O)COC(=O)[C@@H]1Cc2ccccc2CN1S(C)(=O)=O. The first-order chi connectivity index (χ1) is 13.7. The van der Waals surface area contributed by atoms with Gasteiger partial charge in [0, 0.05) is 18.7 Å². The summed E-state index contributed by atoms with van der Waals surface area (Å²) < 4.78 is 30.7. The van der Waals surface area contributed by atoms with Crippen LogP contribution >= 0.6 is 0 Å². The molecule has 0 saturated carbocycles. The molecular weight excluding hydrogens is 392 g/mol. The van der Waals surface area contributed by atoms with E-state index in [1.807, 2.05) is 56.3 Å². The Morgan fingerprint density at radius 1 is 1.07 bits per heavy atom. The van der Waals surface area contributed by atoms with E-state index in [9.17, 15) is 18.0 Å². The van der Waals surface area contributed by atoms with Gasteiger partial charge in [-0.05, 0) is 36.1 Å². The third-order valence-corrected chi connectivity index (χ3v) is 6.23. The molecule has 0 saturated heterocycles. The van der Waals surface area contributed by atoms with Gasteiger partial charge in [0.25, 0.3) is 5.91 Å². The normalized spacial score (nSPS) is 16.7. The van der Waals surface area contributed by atoms with Crippen LogP contribution in [0, 0.1) is 13.8 Å². The van der Waals surface area contributed by atoms with Gasteiger partial charge in [-0.2, -0.15) is 4.31 Å². The molecule has 1 N–H and O–H groups in total. The summed E-state index contributed by atoms with van der Waals surface area (Å²) in [5.74, 6) is -1.21. The van der Waals surface area contributed by atoms with E-state index in [0.29, 0.717) is 5.69 Å². The lowest BCUT2D eigenvalue weighted by Gasteiger charge is -2.33. The minimum absolute atomic E-state index is 0.101. The highest BCUT2D eigenvalue weighted by molar-refractivity contribution is 7.88. The molecule has 1 amide bonds. The fourth-order valence-corrected chi connectivity index (χ4v) is 4.46. The molecule has 2 aromatic carbocycles. The topological polar surface area (TPSA) is 92.8 Å². The van der Waals surface area contributed by atoms with Crippen molar-refractivity contribution in [2.45, 2.75) is 32.9 Å². The van der Waals surface area contributed by atoms with Crippen molar-refractivity contribution in [1.29, 1.82) is 0 Å². The molecule has 1 atom stereocenters. The summed E-state index contributed by atoms with van der Waals surface area (Å²) >= 11 is 0. The van der Waals surface area contributed by atoms with Gasteiger partial charge in [-0.1, -0.05) is 42.5 Å². The van der Waals surface area contributed by atoms with Gasteiger partial charge in [-0.3, -0.25) is 9.59 Å². The Kier molecular flexibility index (Phi) is 6.04. The molecule has 1 aliphatic heterocycles. The van der Waals surface area contributed by atoms with Crippen molar-refractivity contribution in [2.24, 2.45) is 0 Å². The number of anilines is 1. The number of sulfonamides is 1. The standard InChI is InChI=1S/C21H24N2O5S/c1-14-7-6-8-15(2)20(14)22-19(24)13-28-21(25)18-11-16-9-4-5-10-17(16)12-23(18)29(3,26)27/h4-10,18H,11-13H2,1-3H3,(H,22,24)/t18-/m0/s1. The number of aryl methyl sites for hydroxylation is 2. The van der Waals surface area contributed by atoms with Crippen molar-refractivity contribution >= 4 is 27.6 Å². The van der Waals surface area contributed by atoms with Crippen molar-refractivity contribution in [3.05, 3.63) is 64.7 Å². The number of carbonyl (C=O) groups excluding carboxylic acids is 2. The van der Waals surface area contributed by atoms with Crippen LogP contribution in [-0.2, 0) is 37.3 Å². The van der Waals surface area contributed by atoms with Gasteiger partial charge in [-0.15, -0.1) is 0 Å². The number of benzene rings is 2. The first kappa shape index (κ1) is 21.0. The highest BCUT2D eigenvalue weighted by atomic mass is 32.2. The maximum Gasteiger partial charge on any atom is 0.325 e. The molecule has 0 aliphatic carbocycles. The Labute approximate surface area is 170 Å². The first-order valence-electron chi connectivity index (χ1n) is 9.23. The van der Waals surface area contributed by atoms with Gasteiger partial charge in [0.1, 0.15) is 6.04 Å². The maximum absolute atomic E-state index is 12.6. The Bertz CT molecular complexity index is 1030. The van der Waals surface area contributed by atoms with Crippen molar-refractivity contribution in [3.63, 3.8) is 0 Å². The van der Waals surface area contributed by atoms with Crippen molar-refractivity contribution < 1.29 is 22.7 Å². The summed E-state index contributed by atoms with van der Waals surface area (Å²) in [5, 5.41) is 2.75. The number of hydrogen-bond acceptors (Lipinski definition) is 5. The zero-order valence-corrected chi connectivity index (χ0v) is 17.5. The number of fused-ring (bicyclic) bond motifs is 1.